The van der Waals surface area contributed by atoms with Gasteiger partial charge in [0.2, 0.25) is 0 Å². The van der Waals surface area contributed by atoms with Gasteiger partial charge in [-0.1, -0.05) is 12.1 Å². The lowest BCUT2D eigenvalue weighted by molar-refractivity contribution is 0.592. The van der Waals surface area contributed by atoms with Crippen molar-refractivity contribution in [1.29, 1.82) is 0 Å². The number of rotatable bonds is 4. The van der Waals surface area contributed by atoms with E-state index in [4.69, 9.17) is 9.97 Å². The van der Waals surface area contributed by atoms with Crippen molar-refractivity contribution in [2.24, 2.45) is 0 Å². The van der Waals surface area contributed by atoms with E-state index >= 15 is 0 Å². The number of aromatic nitrogens is 5. The van der Waals surface area contributed by atoms with Crippen LogP contribution in [0.1, 0.15) is 25.2 Å². The van der Waals surface area contributed by atoms with Crippen LogP contribution in [-0.2, 0) is 5.41 Å². The zero-order valence-corrected chi connectivity index (χ0v) is 14.7. The fourth-order valence-electron chi connectivity index (χ4n) is 2.89. The molecule has 0 saturated carbocycles. The van der Waals surface area contributed by atoms with Crippen molar-refractivity contribution in [1.82, 2.24) is 24.7 Å². The molecule has 0 aliphatic carbocycles. The zero-order chi connectivity index (χ0) is 18.0. The van der Waals surface area contributed by atoms with Crippen LogP contribution in [0, 0.1) is 0 Å². The van der Waals surface area contributed by atoms with Gasteiger partial charge in [0.15, 0.2) is 5.82 Å². The van der Waals surface area contributed by atoms with Crippen molar-refractivity contribution in [3.8, 4) is 17.1 Å². The Balaban J connectivity index is 1.74. The largest absolute Gasteiger partial charge is 0.264 e. The van der Waals surface area contributed by atoms with Gasteiger partial charge in [0.05, 0.1) is 17.1 Å². The summed E-state index contributed by atoms with van der Waals surface area (Å²) in [6.45, 7) is 4.27. The summed E-state index contributed by atoms with van der Waals surface area (Å²) >= 11 is 0. The molecule has 0 saturated heterocycles. The molecule has 4 heterocycles. The number of hydrogen-bond acceptors (Lipinski definition) is 4. The molecule has 0 atom stereocenters. The second-order valence-electron chi connectivity index (χ2n) is 6.61. The van der Waals surface area contributed by atoms with Crippen LogP contribution in [0.5, 0.6) is 0 Å². The molecule has 128 valence electrons. The second kappa shape index (κ2) is 6.52. The van der Waals surface area contributed by atoms with Crippen molar-refractivity contribution in [2.75, 3.05) is 0 Å². The molecule has 4 aromatic heterocycles. The van der Waals surface area contributed by atoms with Gasteiger partial charge in [-0.2, -0.15) is 5.10 Å². The normalized spacial score (nSPS) is 11.5. The third-order valence-electron chi connectivity index (χ3n) is 4.46. The maximum absolute atomic E-state index is 4.88. The van der Waals surface area contributed by atoms with Crippen molar-refractivity contribution < 1.29 is 0 Å². The first kappa shape index (κ1) is 16.1. The predicted octanol–water partition coefficient (Wildman–Crippen LogP) is 4.05. The van der Waals surface area contributed by atoms with Crippen LogP contribution in [0.4, 0.5) is 0 Å². The summed E-state index contributed by atoms with van der Waals surface area (Å²) in [6.07, 6.45) is 7.23. The Bertz CT molecular complexity index is 1010. The van der Waals surface area contributed by atoms with E-state index in [1.807, 2.05) is 67.0 Å². The van der Waals surface area contributed by atoms with Gasteiger partial charge in [-0.25, -0.2) is 9.67 Å². The van der Waals surface area contributed by atoms with E-state index in [9.17, 15) is 0 Å². The van der Waals surface area contributed by atoms with Crippen molar-refractivity contribution >= 4 is 0 Å². The Morgan fingerprint density at radius 1 is 0.808 bits per heavy atom. The van der Waals surface area contributed by atoms with E-state index in [0.29, 0.717) is 0 Å². The first-order valence-electron chi connectivity index (χ1n) is 8.50. The number of pyridine rings is 3. The van der Waals surface area contributed by atoms with Gasteiger partial charge >= 0.3 is 0 Å². The maximum Gasteiger partial charge on any atom is 0.153 e. The van der Waals surface area contributed by atoms with Crippen molar-refractivity contribution in [2.45, 2.75) is 19.3 Å². The maximum atomic E-state index is 4.88. The highest BCUT2D eigenvalue weighted by molar-refractivity contribution is 5.58. The molecular weight excluding hydrogens is 322 g/mol. The van der Waals surface area contributed by atoms with E-state index in [1.165, 1.54) is 0 Å². The Labute approximate surface area is 152 Å². The Hall–Kier alpha value is -3.34. The molecule has 0 bridgehead atoms. The molecule has 0 spiro atoms. The highest BCUT2D eigenvalue weighted by Gasteiger charge is 2.27. The molecule has 0 aliphatic rings. The van der Waals surface area contributed by atoms with Crippen LogP contribution in [0.25, 0.3) is 17.1 Å². The Morgan fingerprint density at radius 2 is 1.62 bits per heavy atom. The van der Waals surface area contributed by atoms with Crippen LogP contribution in [0.3, 0.4) is 0 Å². The molecule has 0 radical (unpaired) electrons. The summed E-state index contributed by atoms with van der Waals surface area (Å²) in [5, 5.41) is 4.27. The lowest BCUT2D eigenvalue weighted by Gasteiger charge is -2.24. The third kappa shape index (κ3) is 2.99. The fraction of sp³-hybridized carbons (Fsp3) is 0.143. The van der Waals surface area contributed by atoms with E-state index < -0.39 is 0 Å². The zero-order valence-electron chi connectivity index (χ0n) is 14.7. The smallest absolute Gasteiger partial charge is 0.153 e. The monoisotopic (exact) mass is 341 g/mol. The minimum atomic E-state index is -0.346. The van der Waals surface area contributed by atoms with Crippen LogP contribution in [0.15, 0.2) is 79.4 Å². The number of hydrogen-bond donors (Lipinski definition) is 0. The van der Waals surface area contributed by atoms with Crippen LogP contribution in [-0.4, -0.2) is 24.7 Å². The summed E-state index contributed by atoms with van der Waals surface area (Å²) < 4.78 is 1.76. The quantitative estimate of drug-likeness (QED) is 0.562. The molecule has 4 aromatic rings. The highest BCUT2D eigenvalue weighted by atomic mass is 15.3. The van der Waals surface area contributed by atoms with Gasteiger partial charge in [0.1, 0.15) is 0 Å². The summed E-state index contributed by atoms with van der Waals surface area (Å²) in [4.78, 5) is 13.9. The van der Waals surface area contributed by atoms with Gasteiger partial charge in [-0.05, 0) is 56.3 Å². The lowest BCUT2D eigenvalue weighted by Crippen LogP contribution is -2.23. The molecule has 5 heteroatoms. The average molecular weight is 341 g/mol. The molecule has 0 N–H and O–H groups in total. The molecule has 0 aliphatic heterocycles. The SMILES string of the molecule is CC(C)(c1cccc(-c2cccnc2)n1)c1cccc(-n2cccn2)n1. The Morgan fingerprint density at radius 3 is 2.35 bits per heavy atom. The molecule has 0 unspecified atom stereocenters. The standard InChI is InChI=1S/C21H19N5/c1-21(2,19-10-4-11-20(25-19)26-14-6-13-23-26)18-9-3-8-17(24-18)16-7-5-12-22-15-16/h3-15H,1-2H3. The Kier molecular flexibility index (Phi) is 4.05. The van der Waals surface area contributed by atoms with Gasteiger partial charge in [0.25, 0.3) is 0 Å². The number of nitrogens with zero attached hydrogens (tertiary/aromatic N) is 5. The second-order valence-corrected chi connectivity index (χ2v) is 6.61. The van der Waals surface area contributed by atoms with E-state index in [-0.39, 0.29) is 5.41 Å². The first-order chi connectivity index (χ1) is 12.6. The molecule has 26 heavy (non-hydrogen) atoms. The van der Waals surface area contributed by atoms with Gasteiger partial charge in [-0.15, -0.1) is 0 Å². The van der Waals surface area contributed by atoms with Gasteiger partial charge in [-0.3, -0.25) is 9.97 Å². The van der Waals surface area contributed by atoms with Crippen LogP contribution in [0.2, 0.25) is 0 Å². The molecular formula is C21H19N5. The lowest BCUT2D eigenvalue weighted by atomic mass is 9.84. The summed E-state index contributed by atoms with van der Waals surface area (Å²) in [6, 6.07) is 17.9. The topological polar surface area (TPSA) is 56.5 Å². The van der Waals surface area contributed by atoms with Crippen molar-refractivity contribution in [3.05, 3.63) is 90.8 Å². The minimum Gasteiger partial charge on any atom is -0.264 e. The van der Waals surface area contributed by atoms with Crippen LogP contribution < -0.4 is 0 Å². The average Bonchev–Trinajstić information content (AvgIpc) is 3.24. The van der Waals surface area contributed by atoms with Crippen molar-refractivity contribution in [3.63, 3.8) is 0 Å². The van der Waals surface area contributed by atoms with E-state index in [1.54, 1.807) is 17.1 Å². The molecule has 0 fully saturated rings. The first-order valence-corrected chi connectivity index (χ1v) is 8.50. The fourth-order valence-corrected chi connectivity index (χ4v) is 2.89. The van der Waals surface area contributed by atoms with Gasteiger partial charge in [0, 0.05) is 35.8 Å². The highest BCUT2D eigenvalue weighted by Crippen LogP contribution is 2.30. The van der Waals surface area contributed by atoms with E-state index in [2.05, 4.69) is 23.9 Å². The summed E-state index contributed by atoms with van der Waals surface area (Å²) in [5.74, 6) is 0.795. The van der Waals surface area contributed by atoms with E-state index in [0.717, 1.165) is 28.5 Å². The minimum absolute atomic E-state index is 0.346. The summed E-state index contributed by atoms with van der Waals surface area (Å²) in [5.41, 5.74) is 3.47. The molecule has 4 rings (SSSR count). The third-order valence-corrected chi connectivity index (χ3v) is 4.46. The summed E-state index contributed by atoms with van der Waals surface area (Å²) in [7, 11) is 0. The van der Waals surface area contributed by atoms with Gasteiger partial charge < -0.3 is 0 Å². The van der Waals surface area contributed by atoms with Crippen LogP contribution >= 0.6 is 0 Å². The molecule has 0 amide bonds. The predicted molar refractivity (Wildman–Crippen MR) is 101 cm³/mol. The molecule has 5 nitrogen and oxygen atoms in total. The molecule has 0 aromatic carbocycles.